The van der Waals surface area contributed by atoms with Crippen molar-refractivity contribution in [2.45, 2.75) is 31.8 Å². The van der Waals surface area contributed by atoms with Crippen molar-refractivity contribution in [2.75, 3.05) is 0 Å². The Labute approximate surface area is 89.7 Å². The van der Waals surface area contributed by atoms with Crippen LogP contribution in [0.5, 0.6) is 0 Å². The zero-order valence-electron chi connectivity index (χ0n) is 8.73. The van der Waals surface area contributed by atoms with E-state index in [1.54, 1.807) is 0 Å². The number of aliphatic hydroxyl groups is 1. The predicted octanol–water partition coefficient (Wildman–Crippen LogP) is 1.85. The van der Waals surface area contributed by atoms with Gasteiger partial charge in [-0.15, -0.1) is 0 Å². The molecule has 0 aromatic carbocycles. The Balaban J connectivity index is 2.08. The molecular formula is C13H16O2. The van der Waals surface area contributed by atoms with E-state index < -0.39 is 0 Å². The standard InChI is InChI=1S/C13H16O2/c14-11-3-1-2-5-13-6-4-9(7-10(11)13)8-12(13)15/h1-2,4,6,9-11,14H,3,5,7-8H2/t9-,10-,11-,13+/m1/s1. The first-order valence-corrected chi connectivity index (χ1v) is 5.78. The Bertz CT molecular complexity index is 356. The van der Waals surface area contributed by atoms with Gasteiger partial charge in [-0.2, -0.15) is 0 Å². The molecular weight excluding hydrogens is 188 g/mol. The summed E-state index contributed by atoms with van der Waals surface area (Å²) in [4.78, 5) is 12.1. The van der Waals surface area contributed by atoms with Crippen molar-refractivity contribution in [1.82, 2.24) is 0 Å². The molecule has 15 heavy (non-hydrogen) atoms. The minimum Gasteiger partial charge on any atom is -0.392 e. The molecule has 4 aliphatic rings. The van der Waals surface area contributed by atoms with E-state index >= 15 is 0 Å². The van der Waals surface area contributed by atoms with E-state index in [0.717, 1.165) is 12.8 Å². The van der Waals surface area contributed by atoms with Gasteiger partial charge in [0.25, 0.3) is 0 Å². The summed E-state index contributed by atoms with van der Waals surface area (Å²) in [6.07, 6.45) is 11.2. The number of carbonyl (C=O) groups is 1. The number of hydrogen-bond acceptors (Lipinski definition) is 2. The molecule has 2 heteroatoms. The van der Waals surface area contributed by atoms with Gasteiger partial charge in [-0.1, -0.05) is 24.3 Å². The summed E-state index contributed by atoms with van der Waals surface area (Å²) in [5.41, 5.74) is -0.360. The second-order valence-corrected chi connectivity index (χ2v) is 5.11. The number of rotatable bonds is 0. The molecule has 1 spiro atoms. The molecule has 0 aliphatic heterocycles. The third-order valence-electron chi connectivity index (χ3n) is 4.32. The Morgan fingerprint density at radius 1 is 1.40 bits per heavy atom. The molecule has 2 nitrogen and oxygen atoms in total. The molecule has 0 amide bonds. The molecule has 0 heterocycles. The molecule has 2 bridgehead atoms. The highest BCUT2D eigenvalue weighted by molar-refractivity contribution is 5.90. The van der Waals surface area contributed by atoms with Gasteiger partial charge in [0.1, 0.15) is 5.78 Å². The first-order chi connectivity index (χ1) is 7.22. The normalized spacial score (nSPS) is 47.8. The molecule has 4 rings (SSSR count). The van der Waals surface area contributed by atoms with Gasteiger partial charge < -0.3 is 5.11 Å². The van der Waals surface area contributed by atoms with Crippen LogP contribution in [0.2, 0.25) is 0 Å². The van der Waals surface area contributed by atoms with Crippen LogP contribution in [0.1, 0.15) is 25.7 Å². The van der Waals surface area contributed by atoms with Crippen LogP contribution in [0, 0.1) is 17.3 Å². The van der Waals surface area contributed by atoms with Gasteiger partial charge in [0.05, 0.1) is 11.5 Å². The molecule has 4 atom stereocenters. The fourth-order valence-corrected chi connectivity index (χ4v) is 3.44. The van der Waals surface area contributed by atoms with Crippen molar-refractivity contribution < 1.29 is 9.90 Å². The summed E-state index contributed by atoms with van der Waals surface area (Å²) < 4.78 is 0. The average molecular weight is 204 g/mol. The Hall–Kier alpha value is -0.890. The summed E-state index contributed by atoms with van der Waals surface area (Å²) in [5.74, 6) is 0.887. The smallest absolute Gasteiger partial charge is 0.144 e. The lowest BCUT2D eigenvalue weighted by atomic mass is 9.56. The monoisotopic (exact) mass is 204 g/mol. The third kappa shape index (κ3) is 1.18. The Kier molecular flexibility index (Phi) is 1.90. The van der Waals surface area contributed by atoms with Crippen LogP contribution in [-0.2, 0) is 4.79 Å². The third-order valence-corrected chi connectivity index (χ3v) is 4.32. The topological polar surface area (TPSA) is 37.3 Å². The fourth-order valence-electron chi connectivity index (χ4n) is 3.44. The van der Waals surface area contributed by atoms with Crippen LogP contribution < -0.4 is 0 Å². The van der Waals surface area contributed by atoms with Crippen molar-refractivity contribution in [2.24, 2.45) is 17.3 Å². The molecule has 0 unspecified atom stereocenters. The minimum atomic E-state index is -0.360. The Morgan fingerprint density at radius 3 is 3.07 bits per heavy atom. The highest BCUT2D eigenvalue weighted by atomic mass is 16.3. The molecule has 0 aromatic rings. The molecule has 0 saturated heterocycles. The van der Waals surface area contributed by atoms with Gasteiger partial charge in [-0.25, -0.2) is 0 Å². The van der Waals surface area contributed by atoms with Crippen LogP contribution in [0.15, 0.2) is 24.3 Å². The summed E-state index contributed by atoms with van der Waals surface area (Å²) in [5, 5.41) is 10.1. The predicted molar refractivity (Wildman–Crippen MR) is 57.2 cm³/mol. The SMILES string of the molecule is O=C1C[C@@H]2C=C[C@]13CC=CC[C@@H](O)[C@H]3C2. The summed E-state index contributed by atoms with van der Waals surface area (Å²) in [6, 6.07) is 0. The molecule has 1 saturated carbocycles. The maximum absolute atomic E-state index is 12.1. The average Bonchev–Trinajstić information content (AvgIpc) is 2.40. The summed E-state index contributed by atoms with van der Waals surface area (Å²) in [7, 11) is 0. The number of ketones is 1. The molecule has 1 N–H and O–H groups in total. The van der Waals surface area contributed by atoms with Crippen LogP contribution in [-0.4, -0.2) is 17.0 Å². The molecule has 0 radical (unpaired) electrons. The number of carbonyl (C=O) groups excluding carboxylic acids is 1. The molecule has 4 aliphatic carbocycles. The maximum atomic E-state index is 12.1. The lowest BCUT2D eigenvalue weighted by Crippen LogP contribution is -2.49. The van der Waals surface area contributed by atoms with Crippen LogP contribution in [0.4, 0.5) is 0 Å². The largest absolute Gasteiger partial charge is 0.392 e. The number of Topliss-reactive ketones (excluding diaryl/α,β-unsaturated/α-hetero) is 1. The van der Waals surface area contributed by atoms with Crippen molar-refractivity contribution in [3.8, 4) is 0 Å². The van der Waals surface area contributed by atoms with Gasteiger partial charge in [0.15, 0.2) is 0 Å². The zero-order valence-corrected chi connectivity index (χ0v) is 8.73. The minimum absolute atomic E-state index is 0.156. The van der Waals surface area contributed by atoms with Gasteiger partial charge >= 0.3 is 0 Å². The lowest BCUT2D eigenvalue weighted by molar-refractivity contribution is -0.138. The van der Waals surface area contributed by atoms with Gasteiger partial charge in [-0.05, 0) is 25.2 Å². The first-order valence-electron chi connectivity index (χ1n) is 5.78. The van der Waals surface area contributed by atoms with Gasteiger partial charge in [0, 0.05) is 12.3 Å². The summed E-state index contributed by atoms with van der Waals surface area (Å²) >= 11 is 0. The molecule has 1 fully saturated rings. The number of allylic oxidation sites excluding steroid dienone is 3. The van der Waals surface area contributed by atoms with E-state index in [-0.39, 0.29) is 17.4 Å². The Morgan fingerprint density at radius 2 is 2.27 bits per heavy atom. The van der Waals surface area contributed by atoms with Gasteiger partial charge in [0.2, 0.25) is 0 Å². The number of hydrogen-bond donors (Lipinski definition) is 1. The second kappa shape index (κ2) is 3.05. The van der Waals surface area contributed by atoms with E-state index in [1.807, 2.05) is 6.08 Å². The quantitative estimate of drug-likeness (QED) is 0.611. The van der Waals surface area contributed by atoms with Crippen molar-refractivity contribution in [1.29, 1.82) is 0 Å². The highest BCUT2D eigenvalue weighted by Crippen LogP contribution is 2.52. The lowest BCUT2D eigenvalue weighted by Gasteiger charge is -2.47. The van der Waals surface area contributed by atoms with E-state index in [0.29, 0.717) is 24.5 Å². The van der Waals surface area contributed by atoms with E-state index in [4.69, 9.17) is 0 Å². The van der Waals surface area contributed by atoms with Crippen LogP contribution >= 0.6 is 0 Å². The fraction of sp³-hybridized carbons (Fsp3) is 0.615. The highest BCUT2D eigenvalue weighted by Gasteiger charge is 2.52. The maximum Gasteiger partial charge on any atom is 0.144 e. The zero-order chi connectivity index (χ0) is 10.5. The van der Waals surface area contributed by atoms with Crippen LogP contribution in [0.25, 0.3) is 0 Å². The van der Waals surface area contributed by atoms with E-state index in [1.165, 1.54) is 0 Å². The molecule has 0 aromatic heterocycles. The van der Waals surface area contributed by atoms with E-state index in [9.17, 15) is 9.90 Å². The van der Waals surface area contributed by atoms with Crippen molar-refractivity contribution >= 4 is 5.78 Å². The van der Waals surface area contributed by atoms with E-state index in [2.05, 4.69) is 18.2 Å². The van der Waals surface area contributed by atoms with Crippen molar-refractivity contribution in [3.63, 3.8) is 0 Å². The molecule has 80 valence electrons. The van der Waals surface area contributed by atoms with Crippen LogP contribution in [0.3, 0.4) is 0 Å². The number of aliphatic hydroxyl groups excluding tert-OH is 1. The second-order valence-electron chi connectivity index (χ2n) is 5.11. The van der Waals surface area contributed by atoms with Crippen molar-refractivity contribution in [3.05, 3.63) is 24.3 Å². The summed E-state index contributed by atoms with van der Waals surface area (Å²) in [6.45, 7) is 0. The number of fused-ring (bicyclic) bond motifs is 1. The first kappa shape index (κ1) is 9.34. The van der Waals surface area contributed by atoms with Gasteiger partial charge in [-0.3, -0.25) is 4.79 Å².